The maximum absolute atomic E-state index is 13.1. The molecule has 0 saturated heterocycles. The fourth-order valence-electron chi connectivity index (χ4n) is 6.75. The highest BCUT2D eigenvalue weighted by Crippen LogP contribution is 2.45. The number of benzene rings is 3. The van der Waals surface area contributed by atoms with Crippen LogP contribution in [0, 0.1) is 17.8 Å². The van der Waals surface area contributed by atoms with Crippen LogP contribution in [-0.4, -0.2) is 62.7 Å². The summed E-state index contributed by atoms with van der Waals surface area (Å²) < 4.78 is 33.4. The fourth-order valence-corrected chi connectivity index (χ4v) is 12.8. The van der Waals surface area contributed by atoms with Crippen LogP contribution in [-0.2, 0) is 14.3 Å². The third kappa shape index (κ3) is 6.59. The zero-order valence-electron chi connectivity index (χ0n) is 25.2. The molecule has 0 heterocycles. The lowest BCUT2D eigenvalue weighted by Crippen LogP contribution is -2.67. The Balaban J connectivity index is 1.68. The van der Waals surface area contributed by atoms with E-state index >= 15 is 0 Å². The smallest absolute Gasteiger partial charge is 0.261 e. The van der Waals surface area contributed by atoms with Crippen LogP contribution >= 0.6 is 0 Å². The molecule has 1 saturated carbocycles. The molecule has 3 aromatic carbocycles. The van der Waals surface area contributed by atoms with Gasteiger partial charge < -0.3 is 19.7 Å². The highest BCUT2D eigenvalue weighted by molar-refractivity contribution is 7.91. The van der Waals surface area contributed by atoms with E-state index in [1.54, 1.807) is 30.3 Å². The van der Waals surface area contributed by atoms with Crippen LogP contribution in [0.15, 0.2) is 95.9 Å². The van der Waals surface area contributed by atoms with E-state index in [9.17, 15) is 23.7 Å². The number of aliphatic hydroxyl groups is 3. The summed E-state index contributed by atoms with van der Waals surface area (Å²) >= 11 is 0. The Hall–Kier alpha value is -2.33. The maximum Gasteiger partial charge on any atom is 0.261 e. The third-order valence-corrected chi connectivity index (χ3v) is 16.0. The normalized spacial score (nSPS) is 24.3. The second-order valence-corrected chi connectivity index (χ2v) is 19.4. The van der Waals surface area contributed by atoms with Crippen molar-refractivity contribution in [3.05, 3.63) is 91.0 Å². The van der Waals surface area contributed by atoms with Crippen molar-refractivity contribution in [1.82, 2.24) is 0 Å². The van der Waals surface area contributed by atoms with Crippen LogP contribution in [0.25, 0.3) is 0 Å². The fraction of sp³-hybridized carbons (Fsp3) is 0.471. The predicted octanol–water partition coefficient (Wildman–Crippen LogP) is 4.17. The van der Waals surface area contributed by atoms with Gasteiger partial charge in [0.1, 0.15) is 0 Å². The minimum Gasteiger partial charge on any atom is -0.407 e. The molecule has 42 heavy (non-hydrogen) atoms. The van der Waals surface area contributed by atoms with Crippen LogP contribution in [0.3, 0.4) is 0 Å². The first-order valence-corrected chi connectivity index (χ1v) is 18.5. The molecule has 4 rings (SSSR count). The first-order chi connectivity index (χ1) is 19.8. The van der Waals surface area contributed by atoms with E-state index in [0.29, 0.717) is 6.42 Å². The van der Waals surface area contributed by atoms with Crippen LogP contribution < -0.4 is 10.4 Å². The molecule has 1 fully saturated rings. The lowest BCUT2D eigenvalue weighted by atomic mass is 9.64. The first kappa shape index (κ1) is 32.6. The van der Waals surface area contributed by atoms with Gasteiger partial charge in [-0.15, -0.1) is 0 Å². The quantitative estimate of drug-likeness (QED) is 0.282. The molecule has 0 aromatic heterocycles. The molecule has 3 N–H and O–H groups in total. The molecular formula is C34H46O6SSi. The predicted molar refractivity (Wildman–Crippen MR) is 170 cm³/mol. The summed E-state index contributed by atoms with van der Waals surface area (Å²) in [6.07, 6.45) is -0.142. The molecule has 0 aliphatic heterocycles. The molecule has 228 valence electrons. The van der Waals surface area contributed by atoms with E-state index in [1.165, 1.54) is 0 Å². The van der Waals surface area contributed by atoms with Crippen molar-refractivity contribution in [2.24, 2.45) is 17.8 Å². The average Bonchev–Trinajstić information content (AvgIpc) is 2.97. The van der Waals surface area contributed by atoms with Crippen molar-refractivity contribution >= 4 is 28.5 Å². The summed E-state index contributed by atoms with van der Waals surface area (Å²) in [6.45, 7) is 8.39. The van der Waals surface area contributed by atoms with Gasteiger partial charge in [0.05, 0.1) is 22.4 Å². The van der Waals surface area contributed by atoms with Gasteiger partial charge in [-0.3, -0.25) is 0 Å². The monoisotopic (exact) mass is 610 g/mol. The van der Waals surface area contributed by atoms with Crippen molar-refractivity contribution in [3.63, 3.8) is 0 Å². The molecule has 3 aromatic rings. The van der Waals surface area contributed by atoms with Crippen molar-refractivity contribution < 1.29 is 28.2 Å². The van der Waals surface area contributed by atoms with Crippen molar-refractivity contribution in [2.75, 3.05) is 19.0 Å². The van der Waals surface area contributed by atoms with E-state index < -0.39 is 48.3 Å². The molecule has 0 spiro atoms. The Labute approximate surface area is 252 Å². The summed E-state index contributed by atoms with van der Waals surface area (Å²) in [4.78, 5) is 0.220. The van der Waals surface area contributed by atoms with Crippen molar-refractivity contribution in [3.8, 4) is 0 Å². The van der Waals surface area contributed by atoms with E-state index in [4.69, 9.17) is 4.43 Å². The Morgan fingerprint density at radius 3 is 1.90 bits per heavy atom. The second-order valence-electron chi connectivity index (χ2n) is 12.9. The molecule has 8 heteroatoms. The van der Waals surface area contributed by atoms with Crippen molar-refractivity contribution in [1.29, 1.82) is 0 Å². The molecular weight excluding hydrogens is 565 g/mol. The van der Waals surface area contributed by atoms with Gasteiger partial charge in [-0.25, -0.2) is 8.42 Å². The van der Waals surface area contributed by atoms with Gasteiger partial charge in [0.15, 0.2) is 9.84 Å². The summed E-state index contributed by atoms with van der Waals surface area (Å²) in [5.74, 6) is -1.44. The number of rotatable bonds is 11. The first-order valence-electron chi connectivity index (χ1n) is 14.9. The highest BCUT2D eigenvalue weighted by Gasteiger charge is 2.54. The second kappa shape index (κ2) is 13.1. The van der Waals surface area contributed by atoms with Gasteiger partial charge in [0, 0.05) is 31.5 Å². The van der Waals surface area contributed by atoms with E-state index in [2.05, 4.69) is 45.0 Å². The molecule has 6 nitrogen and oxygen atoms in total. The third-order valence-electron chi connectivity index (χ3n) is 9.24. The largest absolute Gasteiger partial charge is 0.407 e. The number of hydrogen-bond acceptors (Lipinski definition) is 6. The molecule has 0 unspecified atom stereocenters. The van der Waals surface area contributed by atoms with Gasteiger partial charge in [-0.05, 0) is 46.3 Å². The van der Waals surface area contributed by atoms with Gasteiger partial charge in [0.25, 0.3) is 8.32 Å². The lowest BCUT2D eigenvalue weighted by Gasteiger charge is -2.50. The summed E-state index contributed by atoms with van der Waals surface area (Å²) in [5.41, 5.74) is -1.50. The zero-order chi connectivity index (χ0) is 30.6. The van der Waals surface area contributed by atoms with Gasteiger partial charge in [-0.2, -0.15) is 0 Å². The van der Waals surface area contributed by atoms with Gasteiger partial charge in [-0.1, -0.05) is 107 Å². The standard InChI is InChI=1S/C34H46O6SSi/c1-26-22-28(25-40-42(33(2,3)4,30-16-10-6-11-17-30)31-18-12-7-13-19-31)34(37,23-32(26)36)27(24-35)20-21-41(38,39)29-14-8-5-9-15-29/h5-19,26-28,32,35-37H,20-25H2,1-4H3/t26-,27-,28-,32-,34+/m0/s1. The Morgan fingerprint density at radius 2 is 1.43 bits per heavy atom. The topological polar surface area (TPSA) is 104 Å². The zero-order valence-corrected chi connectivity index (χ0v) is 27.0. The van der Waals surface area contributed by atoms with Gasteiger partial charge >= 0.3 is 0 Å². The van der Waals surface area contributed by atoms with Crippen LogP contribution in [0.5, 0.6) is 0 Å². The van der Waals surface area contributed by atoms with E-state index in [1.807, 2.05) is 43.3 Å². The van der Waals surface area contributed by atoms with E-state index in [-0.39, 0.29) is 41.1 Å². The summed E-state index contributed by atoms with van der Waals surface area (Å²) in [6, 6.07) is 28.8. The summed E-state index contributed by atoms with van der Waals surface area (Å²) in [7, 11) is -6.51. The Kier molecular flexibility index (Phi) is 10.2. The molecule has 1 aliphatic carbocycles. The maximum atomic E-state index is 13.1. The molecule has 5 atom stereocenters. The minimum absolute atomic E-state index is 0.0551. The van der Waals surface area contributed by atoms with Crippen LogP contribution in [0.1, 0.15) is 47.0 Å². The SMILES string of the molecule is C[C@H]1C[C@@H](CO[Si](c2ccccc2)(c2ccccc2)C(C)(C)C)[C@](O)([C@H](CO)CCS(=O)(=O)c2ccccc2)C[C@@H]1O. The Bertz CT molecular complexity index is 1340. The molecule has 1 aliphatic rings. The number of aliphatic hydroxyl groups excluding tert-OH is 2. The lowest BCUT2D eigenvalue weighted by molar-refractivity contribution is -0.158. The molecule has 0 bridgehead atoms. The van der Waals surface area contributed by atoms with Crippen LogP contribution in [0.4, 0.5) is 0 Å². The van der Waals surface area contributed by atoms with Crippen molar-refractivity contribution in [2.45, 2.75) is 68.6 Å². The van der Waals surface area contributed by atoms with E-state index in [0.717, 1.165) is 10.4 Å². The minimum atomic E-state index is -3.61. The molecule has 0 radical (unpaired) electrons. The highest BCUT2D eigenvalue weighted by atomic mass is 32.2. The number of sulfone groups is 1. The van der Waals surface area contributed by atoms with Crippen LogP contribution in [0.2, 0.25) is 5.04 Å². The summed E-state index contributed by atoms with van der Waals surface area (Å²) in [5, 5.41) is 35.7. The molecule has 0 amide bonds. The number of hydrogen-bond donors (Lipinski definition) is 3. The average molecular weight is 611 g/mol. The van der Waals surface area contributed by atoms with Gasteiger partial charge in [0.2, 0.25) is 0 Å². The Morgan fingerprint density at radius 1 is 0.929 bits per heavy atom.